The van der Waals surface area contributed by atoms with E-state index in [1.165, 1.54) is 12.1 Å². The van der Waals surface area contributed by atoms with Gasteiger partial charge in [0.05, 0.1) is 0 Å². The third kappa shape index (κ3) is 3.51. The molecule has 0 aliphatic heterocycles. The molecule has 0 aliphatic rings. The van der Waals surface area contributed by atoms with Crippen LogP contribution >= 0.6 is 0 Å². The summed E-state index contributed by atoms with van der Waals surface area (Å²) in [6.07, 6.45) is 2.02. The molecule has 3 heteroatoms. The van der Waals surface area contributed by atoms with E-state index in [-0.39, 0.29) is 6.61 Å². The van der Waals surface area contributed by atoms with Gasteiger partial charge >= 0.3 is 0 Å². The minimum Gasteiger partial charge on any atom is -0.396 e. The largest absolute Gasteiger partial charge is 0.396 e. The van der Waals surface area contributed by atoms with Crippen LogP contribution in [0.1, 0.15) is 18.4 Å². The van der Waals surface area contributed by atoms with Crippen molar-refractivity contribution in [2.45, 2.75) is 19.3 Å². The first-order valence-electron chi connectivity index (χ1n) is 4.28. The molecule has 1 aromatic carbocycles. The fourth-order valence-electron chi connectivity index (χ4n) is 1.20. The van der Waals surface area contributed by atoms with Crippen molar-refractivity contribution in [3.8, 4) is 0 Å². The van der Waals surface area contributed by atoms with Crippen LogP contribution in [0.2, 0.25) is 0 Å². The van der Waals surface area contributed by atoms with Crippen molar-refractivity contribution in [2.75, 3.05) is 6.61 Å². The summed E-state index contributed by atoms with van der Waals surface area (Å²) >= 11 is 0. The maximum Gasteiger partial charge on any atom is 0.126 e. The second-order valence-electron chi connectivity index (χ2n) is 2.96. The van der Waals surface area contributed by atoms with Crippen LogP contribution in [0.4, 0.5) is 8.78 Å². The van der Waals surface area contributed by atoms with E-state index < -0.39 is 11.6 Å². The molecule has 0 saturated carbocycles. The zero-order chi connectivity index (χ0) is 9.68. The molecule has 13 heavy (non-hydrogen) atoms. The maximum atomic E-state index is 12.6. The highest BCUT2D eigenvalue weighted by atomic mass is 19.1. The van der Waals surface area contributed by atoms with Crippen LogP contribution < -0.4 is 0 Å². The molecule has 0 unspecified atom stereocenters. The number of aliphatic hydroxyl groups is 1. The van der Waals surface area contributed by atoms with Crippen LogP contribution in [0.25, 0.3) is 0 Å². The molecule has 1 N–H and O–H groups in total. The lowest BCUT2D eigenvalue weighted by molar-refractivity contribution is 0.284. The van der Waals surface area contributed by atoms with E-state index in [0.717, 1.165) is 12.5 Å². The molecule has 0 radical (unpaired) electrons. The Hall–Kier alpha value is -0.960. The molecule has 0 aromatic heterocycles. The zero-order valence-electron chi connectivity index (χ0n) is 7.26. The predicted molar refractivity (Wildman–Crippen MR) is 46.4 cm³/mol. The van der Waals surface area contributed by atoms with E-state index in [9.17, 15) is 8.78 Å². The van der Waals surface area contributed by atoms with Gasteiger partial charge in [-0.1, -0.05) is 0 Å². The Labute approximate surface area is 76.0 Å². The van der Waals surface area contributed by atoms with Crippen molar-refractivity contribution in [3.05, 3.63) is 35.4 Å². The molecule has 0 aliphatic carbocycles. The summed E-state index contributed by atoms with van der Waals surface area (Å²) in [4.78, 5) is 0. The predicted octanol–water partition coefficient (Wildman–Crippen LogP) is 2.28. The first-order valence-corrected chi connectivity index (χ1v) is 4.28. The quantitative estimate of drug-likeness (QED) is 0.715. The fourth-order valence-corrected chi connectivity index (χ4v) is 1.20. The Bertz CT molecular complexity index is 253. The number of hydrogen-bond donors (Lipinski definition) is 1. The van der Waals surface area contributed by atoms with Gasteiger partial charge in [0.25, 0.3) is 0 Å². The second kappa shape index (κ2) is 4.92. The smallest absolute Gasteiger partial charge is 0.126 e. The van der Waals surface area contributed by atoms with Gasteiger partial charge in [0.2, 0.25) is 0 Å². The first kappa shape index (κ1) is 10.1. The molecular weight excluding hydrogens is 174 g/mol. The van der Waals surface area contributed by atoms with Crippen LogP contribution in [-0.4, -0.2) is 11.7 Å². The number of hydrogen-bond acceptors (Lipinski definition) is 1. The van der Waals surface area contributed by atoms with Crippen LogP contribution in [0.15, 0.2) is 18.2 Å². The Morgan fingerprint density at radius 3 is 2.15 bits per heavy atom. The van der Waals surface area contributed by atoms with E-state index in [2.05, 4.69) is 0 Å². The molecule has 0 bridgehead atoms. The Balaban J connectivity index is 2.56. The summed E-state index contributed by atoms with van der Waals surface area (Å²) in [6.45, 7) is 0.123. The lowest BCUT2D eigenvalue weighted by atomic mass is 10.1. The van der Waals surface area contributed by atoms with Gasteiger partial charge in [0, 0.05) is 12.7 Å². The molecule has 0 heterocycles. The number of rotatable bonds is 4. The summed E-state index contributed by atoms with van der Waals surface area (Å²) in [6, 6.07) is 3.50. The molecule has 72 valence electrons. The number of benzene rings is 1. The molecule has 1 rings (SSSR count). The summed E-state index contributed by atoms with van der Waals surface area (Å²) in [5, 5.41) is 8.51. The molecule has 0 spiro atoms. The first-order chi connectivity index (χ1) is 6.22. The molecule has 0 atom stereocenters. The number of unbranched alkanes of at least 4 members (excludes halogenated alkanes) is 1. The van der Waals surface area contributed by atoms with Gasteiger partial charge in [-0.25, -0.2) is 8.78 Å². The summed E-state index contributed by atoms with van der Waals surface area (Å²) in [5.41, 5.74) is 0.644. The molecule has 0 fully saturated rings. The van der Waals surface area contributed by atoms with Gasteiger partial charge in [0.1, 0.15) is 11.6 Å². The second-order valence-corrected chi connectivity index (χ2v) is 2.96. The monoisotopic (exact) mass is 186 g/mol. The van der Waals surface area contributed by atoms with E-state index in [0.29, 0.717) is 18.4 Å². The molecule has 0 saturated heterocycles. The van der Waals surface area contributed by atoms with E-state index in [4.69, 9.17) is 5.11 Å². The standard InChI is InChI=1S/C10H12F2O/c11-9-5-8(3-1-2-4-13)6-10(12)7-9/h5-7,13H,1-4H2. The minimum absolute atomic E-state index is 0.123. The van der Waals surface area contributed by atoms with Gasteiger partial charge in [-0.05, 0) is 37.0 Å². The van der Waals surface area contributed by atoms with Crippen molar-refractivity contribution < 1.29 is 13.9 Å². The lowest BCUT2D eigenvalue weighted by Gasteiger charge is -2.00. The molecular formula is C10H12F2O. The average molecular weight is 186 g/mol. The van der Waals surface area contributed by atoms with Gasteiger partial charge in [-0.2, -0.15) is 0 Å². The highest BCUT2D eigenvalue weighted by Gasteiger charge is 1.99. The summed E-state index contributed by atoms with van der Waals surface area (Å²) in [7, 11) is 0. The van der Waals surface area contributed by atoms with Crippen molar-refractivity contribution in [3.63, 3.8) is 0 Å². The summed E-state index contributed by atoms with van der Waals surface area (Å²) in [5.74, 6) is -1.09. The lowest BCUT2D eigenvalue weighted by Crippen LogP contribution is -1.91. The number of aliphatic hydroxyl groups excluding tert-OH is 1. The minimum atomic E-state index is -0.543. The van der Waals surface area contributed by atoms with Crippen molar-refractivity contribution in [1.82, 2.24) is 0 Å². The van der Waals surface area contributed by atoms with Crippen molar-refractivity contribution in [1.29, 1.82) is 0 Å². The third-order valence-electron chi connectivity index (χ3n) is 1.80. The van der Waals surface area contributed by atoms with Crippen LogP contribution in [0.5, 0.6) is 0 Å². The number of aryl methyl sites for hydroxylation is 1. The van der Waals surface area contributed by atoms with Gasteiger partial charge < -0.3 is 5.11 Å². The van der Waals surface area contributed by atoms with Gasteiger partial charge in [-0.15, -0.1) is 0 Å². The summed E-state index contributed by atoms with van der Waals surface area (Å²) < 4.78 is 25.3. The maximum absolute atomic E-state index is 12.6. The highest BCUT2D eigenvalue weighted by molar-refractivity contribution is 5.17. The highest BCUT2D eigenvalue weighted by Crippen LogP contribution is 2.10. The van der Waals surface area contributed by atoms with Gasteiger partial charge in [-0.3, -0.25) is 0 Å². The Kier molecular flexibility index (Phi) is 3.83. The third-order valence-corrected chi connectivity index (χ3v) is 1.80. The van der Waals surface area contributed by atoms with Crippen molar-refractivity contribution >= 4 is 0 Å². The Morgan fingerprint density at radius 2 is 1.62 bits per heavy atom. The molecule has 1 nitrogen and oxygen atoms in total. The number of halogens is 2. The van der Waals surface area contributed by atoms with E-state index in [1.807, 2.05) is 0 Å². The SMILES string of the molecule is OCCCCc1cc(F)cc(F)c1. The fraction of sp³-hybridized carbons (Fsp3) is 0.400. The van der Waals surface area contributed by atoms with Crippen LogP contribution in [0, 0.1) is 11.6 Å². The van der Waals surface area contributed by atoms with Crippen LogP contribution in [0.3, 0.4) is 0 Å². The molecule has 1 aromatic rings. The zero-order valence-corrected chi connectivity index (χ0v) is 7.26. The van der Waals surface area contributed by atoms with Crippen molar-refractivity contribution in [2.24, 2.45) is 0 Å². The Morgan fingerprint density at radius 1 is 1.00 bits per heavy atom. The van der Waals surface area contributed by atoms with Crippen LogP contribution in [-0.2, 0) is 6.42 Å². The average Bonchev–Trinajstić information content (AvgIpc) is 2.03. The topological polar surface area (TPSA) is 20.2 Å². The van der Waals surface area contributed by atoms with Gasteiger partial charge in [0.15, 0.2) is 0 Å². The van der Waals surface area contributed by atoms with E-state index in [1.54, 1.807) is 0 Å². The molecule has 0 amide bonds. The van der Waals surface area contributed by atoms with E-state index >= 15 is 0 Å². The normalized spacial score (nSPS) is 10.4.